The number of amides is 5. The summed E-state index contributed by atoms with van der Waals surface area (Å²) in [5.74, 6) is -1.96. The monoisotopic (exact) mass is 897 g/mol. The van der Waals surface area contributed by atoms with Crippen LogP contribution >= 0.6 is 0 Å². The third-order valence-corrected chi connectivity index (χ3v) is 12.8. The highest BCUT2D eigenvalue weighted by Crippen LogP contribution is 2.26. The SMILES string of the molecule is CCC(C)C(C(CC)OC)N(C)C(=O)[C@@H](NC(=O)C(C(C)C)N(C)C(C)C)C(C)C.COC(C(C)C(=O)NC(Cc1ccccc1)C(=O)NCCS(=O)(=O)O)C1CCCN1C=O. The Morgan fingerprint density at radius 3 is 1.97 bits per heavy atom. The summed E-state index contributed by atoms with van der Waals surface area (Å²) < 4.78 is 42.0. The third-order valence-electron chi connectivity index (χ3n) is 12.1. The van der Waals surface area contributed by atoms with E-state index in [-0.39, 0.29) is 66.9 Å². The molecule has 356 valence electrons. The van der Waals surface area contributed by atoms with E-state index in [4.69, 9.17) is 14.0 Å². The first-order chi connectivity index (χ1) is 29.0. The fourth-order valence-electron chi connectivity index (χ4n) is 8.12. The van der Waals surface area contributed by atoms with Gasteiger partial charge in [-0.3, -0.25) is 33.4 Å². The lowest BCUT2D eigenvalue weighted by molar-refractivity contribution is -0.143. The Morgan fingerprint density at radius 1 is 0.887 bits per heavy atom. The predicted molar refractivity (Wildman–Crippen MR) is 243 cm³/mol. The second kappa shape index (κ2) is 27.5. The molecular weight excluding hydrogens is 817 g/mol. The van der Waals surface area contributed by atoms with Crippen LogP contribution in [0.5, 0.6) is 0 Å². The first kappa shape index (κ1) is 56.4. The van der Waals surface area contributed by atoms with Gasteiger partial charge in [0.25, 0.3) is 10.1 Å². The molecule has 0 bridgehead atoms. The Labute approximate surface area is 372 Å². The average Bonchev–Trinajstić information content (AvgIpc) is 3.69. The first-order valence-electron chi connectivity index (χ1n) is 22.1. The summed E-state index contributed by atoms with van der Waals surface area (Å²) in [7, 11) is 2.79. The molecule has 0 radical (unpaired) electrons. The zero-order valence-corrected chi connectivity index (χ0v) is 40.7. The molecule has 17 heteroatoms. The van der Waals surface area contributed by atoms with Gasteiger partial charge in [0, 0.05) is 46.8 Å². The molecule has 1 aromatic carbocycles. The highest BCUT2D eigenvalue weighted by molar-refractivity contribution is 7.85. The van der Waals surface area contributed by atoms with Crippen molar-refractivity contribution in [3.8, 4) is 0 Å². The highest BCUT2D eigenvalue weighted by Gasteiger charge is 2.40. The van der Waals surface area contributed by atoms with Crippen molar-refractivity contribution < 1.29 is 46.4 Å². The van der Waals surface area contributed by atoms with Crippen LogP contribution in [0.3, 0.4) is 0 Å². The fraction of sp³-hybridized carbons (Fsp3) is 0.756. The second-order valence-electron chi connectivity index (χ2n) is 17.6. The molecule has 4 N–H and O–H groups in total. The van der Waals surface area contributed by atoms with Crippen molar-refractivity contribution in [3.63, 3.8) is 0 Å². The summed E-state index contributed by atoms with van der Waals surface area (Å²) in [6, 6.07) is 7.24. The number of carbonyl (C=O) groups excluding carboxylic acids is 5. The number of likely N-dealkylation sites (tertiary alicyclic amines) is 1. The van der Waals surface area contributed by atoms with Gasteiger partial charge in [-0.05, 0) is 63.5 Å². The summed E-state index contributed by atoms with van der Waals surface area (Å²) in [4.78, 5) is 69.3. The summed E-state index contributed by atoms with van der Waals surface area (Å²) >= 11 is 0. The minimum absolute atomic E-state index is 0.0127. The number of likely N-dealkylation sites (N-methyl/N-ethyl adjacent to an activating group) is 2. The van der Waals surface area contributed by atoms with Gasteiger partial charge in [0.05, 0.1) is 42.0 Å². The van der Waals surface area contributed by atoms with Crippen LogP contribution in [0, 0.1) is 23.7 Å². The van der Waals surface area contributed by atoms with Crippen molar-refractivity contribution in [3.05, 3.63) is 35.9 Å². The summed E-state index contributed by atoms with van der Waals surface area (Å²) in [6.45, 7) is 20.6. The number of hydrogen-bond acceptors (Lipinski definition) is 10. The molecule has 5 amide bonds. The van der Waals surface area contributed by atoms with Crippen LogP contribution in [0.25, 0.3) is 0 Å². The highest BCUT2D eigenvalue weighted by atomic mass is 32.2. The standard InChI is InChI=1S/C24H49N3O3.C21H31N3O7S/c1-13-18(9)22(19(14-2)30-12)27(11)24(29)20(15(3)4)25-23(28)21(16(5)6)26(10)17(7)8;1-15(19(31-2)18-9-6-11-24(18)14-25)20(26)23-17(13-16-7-4-3-5-8-16)21(27)22-10-12-32(28,29)30/h15-22H,13-14H2,1-12H3,(H,25,28);3-5,7-8,14-15,17-19H,6,9-13H2,1-2H3,(H,22,27)(H,23,26)(H,28,29,30)/t18?,19?,20-,21?,22?;/m0./s1. The van der Waals surface area contributed by atoms with Crippen molar-refractivity contribution in [1.82, 2.24) is 30.7 Å². The smallest absolute Gasteiger partial charge is 0.266 e. The van der Waals surface area contributed by atoms with Crippen molar-refractivity contribution >= 4 is 40.2 Å². The Hall–Kier alpha value is -3.64. The van der Waals surface area contributed by atoms with Crippen LogP contribution in [0.4, 0.5) is 0 Å². The quantitative estimate of drug-likeness (QED) is 0.0822. The normalized spacial score (nSPS) is 18.2. The van der Waals surface area contributed by atoms with Crippen molar-refractivity contribution in [1.29, 1.82) is 0 Å². The van der Waals surface area contributed by atoms with Crippen LogP contribution in [0.15, 0.2) is 30.3 Å². The largest absolute Gasteiger partial charge is 0.379 e. The van der Waals surface area contributed by atoms with Gasteiger partial charge in [0.2, 0.25) is 30.0 Å². The van der Waals surface area contributed by atoms with E-state index < -0.39 is 51.8 Å². The molecule has 9 atom stereocenters. The molecule has 0 spiro atoms. The molecule has 1 aliphatic rings. The average molecular weight is 897 g/mol. The number of methoxy groups -OCH3 is 2. The maximum atomic E-state index is 13.6. The molecule has 16 nitrogen and oxygen atoms in total. The van der Waals surface area contributed by atoms with Gasteiger partial charge in [-0.1, -0.05) is 92.1 Å². The Bertz CT molecular complexity index is 1630. The Kier molecular flexibility index (Phi) is 25.0. The van der Waals surface area contributed by atoms with Gasteiger partial charge in [-0.25, -0.2) is 0 Å². The minimum atomic E-state index is -4.22. The zero-order chi connectivity index (χ0) is 47.5. The maximum absolute atomic E-state index is 13.6. The van der Waals surface area contributed by atoms with E-state index in [1.165, 1.54) is 7.11 Å². The van der Waals surface area contributed by atoms with Crippen LogP contribution in [0.2, 0.25) is 0 Å². The molecule has 1 saturated heterocycles. The summed E-state index contributed by atoms with van der Waals surface area (Å²) in [5, 5.41) is 8.26. The van der Waals surface area contributed by atoms with Gasteiger partial charge < -0.3 is 35.2 Å². The van der Waals surface area contributed by atoms with Gasteiger partial charge >= 0.3 is 0 Å². The Balaban J connectivity index is 0.000000622. The van der Waals surface area contributed by atoms with Crippen LogP contribution < -0.4 is 16.0 Å². The fourth-order valence-corrected chi connectivity index (χ4v) is 8.48. The van der Waals surface area contributed by atoms with Crippen LogP contribution in [0.1, 0.15) is 100 Å². The zero-order valence-electron chi connectivity index (χ0n) is 39.9. The molecule has 1 heterocycles. The first-order valence-corrected chi connectivity index (χ1v) is 23.7. The van der Waals surface area contributed by atoms with E-state index in [0.29, 0.717) is 12.5 Å². The number of nitrogens with one attached hydrogen (secondary N) is 3. The molecular formula is C45H80N6O10S. The number of benzene rings is 1. The van der Waals surface area contributed by atoms with Crippen LogP contribution in [-0.4, -0.2) is 153 Å². The van der Waals surface area contributed by atoms with Gasteiger partial charge in [0.15, 0.2) is 0 Å². The van der Waals surface area contributed by atoms with Crippen molar-refractivity contribution in [2.24, 2.45) is 23.7 Å². The lowest BCUT2D eigenvalue weighted by Gasteiger charge is -2.40. The van der Waals surface area contributed by atoms with E-state index in [2.05, 4.69) is 55.5 Å². The number of carbonyl (C=O) groups is 5. The summed E-state index contributed by atoms with van der Waals surface area (Å²) in [5.41, 5.74) is 0.807. The van der Waals surface area contributed by atoms with E-state index in [1.807, 2.05) is 77.0 Å². The number of nitrogens with zero attached hydrogens (tertiary/aromatic N) is 3. The molecule has 1 aliphatic heterocycles. The molecule has 0 aliphatic carbocycles. The lowest BCUT2D eigenvalue weighted by Crippen LogP contribution is -2.60. The van der Waals surface area contributed by atoms with Gasteiger partial charge in [-0.15, -0.1) is 0 Å². The molecule has 0 saturated carbocycles. The molecule has 62 heavy (non-hydrogen) atoms. The van der Waals surface area contributed by atoms with E-state index in [0.717, 1.165) is 37.7 Å². The molecule has 8 unspecified atom stereocenters. The molecule has 2 rings (SSSR count). The van der Waals surface area contributed by atoms with Crippen molar-refractivity contribution in [2.45, 2.75) is 150 Å². The van der Waals surface area contributed by atoms with Gasteiger partial charge in [0.1, 0.15) is 12.1 Å². The third kappa shape index (κ3) is 17.5. The summed E-state index contributed by atoms with van der Waals surface area (Å²) in [6.07, 6.45) is 3.71. The number of rotatable bonds is 25. The predicted octanol–water partition coefficient (Wildman–Crippen LogP) is 3.78. The van der Waals surface area contributed by atoms with Gasteiger partial charge in [-0.2, -0.15) is 8.42 Å². The minimum Gasteiger partial charge on any atom is -0.379 e. The number of ether oxygens (including phenoxy) is 2. The molecule has 1 fully saturated rings. The maximum Gasteiger partial charge on any atom is 0.266 e. The topological polar surface area (TPSA) is 204 Å². The van der Waals surface area contributed by atoms with E-state index >= 15 is 0 Å². The van der Waals surface area contributed by atoms with E-state index in [9.17, 15) is 32.4 Å². The second-order valence-corrected chi connectivity index (χ2v) is 19.1. The van der Waals surface area contributed by atoms with Crippen molar-refractivity contribution in [2.75, 3.05) is 47.2 Å². The number of hydrogen-bond donors (Lipinski definition) is 4. The molecule has 1 aromatic rings. The lowest BCUT2D eigenvalue weighted by atomic mass is 9.90. The van der Waals surface area contributed by atoms with E-state index in [1.54, 1.807) is 18.9 Å². The van der Waals surface area contributed by atoms with Crippen LogP contribution in [-0.2, 0) is 50.0 Å². The molecule has 0 aromatic heterocycles. The Morgan fingerprint density at radius 2 is 1.50 bits per heavy atom.